The highest BCUT2D eigenvalue weighted by molar-refractivity contribution is 6.30. The summed E-state index contributed by atoms with van der Waals surface area (Å²) >= 11 is 5.79. The number of hydrogen-bond acceptors (Lipinski definition) is 3. The Morgan fingerprint density at radius 3 is 2.38 bits per heavy atom. The molecule has 2 N–H and O–H groups in total. The fraction of sp³-hybridized carbons (Fsp3) is 0.188. The molecule has 0 spiro atoms. The second kappa shape index (κ2) is 7.11. The van der Waals surface area contributed by atoms with Crippen LogP contribution in [0.5, 0.6) is 5.75 Å². The van der Waals surface area contributed by atoms with Crippen molar-refractivity contribution < 1.29 is 14.6 Å². The summed E-state index contributed by atoms with van der Waals surface area (Å²) in [4.78, 5) is 12.0. The molecule has 1 amide bonds. The molecule has 5 heteroatoms. The minimum atomic E-state index is -0.635. The van der Waals surface area contributed by atoms with Crippen LogP contribution in [0.2, 0.25) is 5.02 Å². The van der Waals surface area contributed by atoms with Crippen LogP contribution in [0.3, 0.4) is 0 Å². The van der Waals surface area contributed by atoms with Gasteiger partial charge in [0.15, 0.2) is 6.10 Å². The number of nitrogens with one attached hydrogen (secondary N) is 1. The lowest BCUT2D eigenvalue weighted by molar-refractivity contribution is -0.122. The molecule has 0 saturated carbocycles. The van der Waals surface area contributed by atoms with Crippen molar-refractivity contribution in [1.82, 2.24) is 0 Å². The first-order valence-electron chi connectivity index (χ1n) is 6.51. The van der Waals surface area contributed by atoms with E-state index in [2.05, 4.69) is 5.32 Å². The number of benzene rings is 2. The van der Waals surface area contributed by atoms with Crippen molar-refractivity contribution in [3.05, 3.63) is 59.1 Å². The van der Waals surface area contributed by atoms with E-state index in [-0.39, 0.29) is 12.5 Å². The Hall–Kier alpha value is -2.04. The molecule has 0 fully saturated rings. The van der Waals surface area contributed by atoms with Crippen LogP contribution in [0.25, 0.3) is 0 Å². The normalized spacial score (nSPS) is 11.8. The third kappa shape index (κ3) is 4.48. The fourth-order valence-corrected chi connectivity index (χ4v) is 1.83. The lowest BCUT2D eigenvalue weighted by atomic mass is 10.2. The van der Waals surface area contributed by atoms with Gasteiger partial charge in [0, 0.05) is 10.7 Å². The number of rotatable bonds is 5. The first kappa shape index (κ1) is 15.4. The maximum atomic E-state index is 12.0. The van der Waals surface area contributed by atoms with Gasteiger partial charge in [0.25, 0.3) is 5.91 Å². The number of ether oxygens (including phenoxy) is 1. The summed E-state index contributed by atoms with van der Waals surface area (Å²) < 4.78 is 5.54. The minimum Gasteiger partial charge on any atom is -0.481 e. The zero-order chi connectivity index (χ0) is 15.2. The molecule has 0 radical (unpaired) electrons. The van der Waals surface area contributed by atoms with Crippen LogP contribution >= 0.6 is 11.6 Å². The molecule has 0 bridgehead atoms. The largest absolute Gasteiger partial charge is 0.481 e. The molecular formula is C16H16ClNO3. The van der Waals surface area contributed by atoms with Crippen molar-refractivity contribution in [3.8, 4) is 5.75 Å². The van der Waals surface area contributed by atoms with Gasteiger partial charge in [-0.15, -0.1) is 0 Å². The smallest absolute Gasteiger partial charge is 0.265 e. The van der Waals surface area contributed by atoms with Crippen LogP contribution in [-0.4, -0.2) is 17.1 Å². The molecule has 0 aliphatic rings. The standard InChI is InChI=1S/C16H16ClNO3/c1-11(21-15-8-4-13(17)5-9-15)16(20)18-14-6-2-12(10-19)3-7-14/h2-9,11,19H,10H2,1H3,(H,18,20). The van der Waals surface area contributed by atoms with Crippen molar-refractivity contribution in [1.29, 1.82) is 0 Å². The van der Waals surface area contributed by atoms with E-state index in [9.17, 15) is 4.79 Å². The Balaban J connectivity index is 1.93. The van der Waals surface area contributed by atoms with Gasteiger partial charge in [-0.2, -0.15) is 0 Å². The summed E-state index contributed by atoms with van der Waals surface area (Å²) in [7, 11) is 0. The molecule has 0 saturated heterocycles. The van der Waals surface area contributed by atoms with Gasteiger partial charge in [-0.3, -0.25) is 4.79 Å². The maximum absolute atomic E-state index is 12.0. The number of aliphatic hydroxyl groups is 1. The predicted molar refractivity (Wildman–Crippen MR) is 82.5 cm³/mol. The van der Waals surface area contributed by atoms with Gasteiger partial charge in [0.2, 0.25) is 0 Å². The van der Waals surface area contributed by atoms with Gasteiger partial charge < -0.3 is 15.2 Å². The third-order valence-electron chi connectivity index (χ3n) is 2.90. The quantitative estimate of drug-likeness (QED) is 0.891. The summed E-state index contributed by atoms with van der Waals surface area (Å²) in [6.45, 7) is 1.65. The number of hydrogen-bond donors (Lipinski definition) is 2. The average Bonchev–Trinajstić information content (AvgIpc) is 2.50. The van der Waals surface area contributed by atoms with Crippen molar-refractivity contribution >= 4 is 23.2 Å². The SMILES string of the molecule is CC(Oc1ccc(Cl)cc1)C(=O)Nc1ccc(CO)cc1. The first-order chi connectivity index (χ1) is 10.1. The molecule has 0 heterocycles. The molecule has 110 valence electrons. The van der Waals surface area contributed by atoms with Crippen molar-refractivity contribution in [2.24, 2.45) is 0 Å². The molecule has 2 aromatic carbocycles. The van der Waals surface area contributed by atoms with E-state index in [0.29, 0.717) is 16.5 Å². The number of carbonyl (C=O) groups is 1. The van der Waals surface area contributed by atoms with E-state index in [1.54, 1.807) is 55.5 Å². The monoisotopic (exact) mass is 305 g/mol. The summed E-state index contributed by atoms with van der Waals surface area (Å²) in [6, 6.07) is 13.8. The van der Waals surface area contributed by atoms with E-state index in [0.717, 1.165) is 5.56 Å². The molecule has 2 rings (SSSR count). The maximum Gasteiger partial charge on any atom is 0.265 e. The molecule has 2 aromatic rings. The van der Waals surface area contributed by atoms with Crippen LogP contribution in [-0.2, 0) is 11.4 Å². The van der Waals surface area contributed by atoms with Gasteiger partial charge in [-0.05, 0) is 48.9 Å². The Bertz CT molecular complexity index is 596. The molecule has 0 aliphatic carbocycles. The van der Waals surface area contributed by atoms with E-state index < -0.39 is 6.10 Å². The number of aliphatic hydroxyl groups excluding tert-OH is 1. The zero-order valence-electron chi connectivity index (χ0n) is 11.5. The van der Waals surface area contributed by atoms with Crippen LogP contribution in [0, 0.1) is 0 Å². The predicted octanol–water partition coefficient (Wildman–Crippen LogP) is 3.24. The lowest BCUT2D eigenvalue weighted by Crippen LogP contribution is -2.30. The van der Waals surface area contributed by atoms with E-state index in [1.807, 2.05) is 0 Å². The van der Waals surface area contributed by atoms with Crippen LogP contribution in [0.1, 0.15) is 12.5 Å². The second-order valence-electron chi connectivity index (χ2n) is 4.56. The molecule has 21 heavy (non-hydrogen) atoms. The van der Waals surface area contributed by atoms with E-state index >= 15 is 0 Å². The average molecular weight is 306 g/mol. The van der Waals surface area contributed by atoms with Gasteiger partial charge in [0.05, 0.1) is 6.61 Å². The Morgan fingerprint density at radius 1 is 1.19 bits per heavy atom. The highest BCUT2D eigenvalue weighted by Crippen LogP contribution is 2.17. The van der Waals surface area contributed by atoms with Gasteiger partial charge >= 0.3 is 0 Å². The van der Waals surface area contributed by atoms with Gasteiger partial charge in [-0.25, -0.2) is 0 Å². The molecule has 1 unspecified atom stereocenters. The Morgan fingerprint density at radius 2 is 1.81 bits per heavy atom. The Labute approximate surface area is 128 Å². The molecule has 0 aliphatic heterocycles. The summed E-state index contributed by atoms with van der Waals surface area (Å²) in [5.74, 6) is 0.333. The highest BCUT2D eigenvalue weighted by atomic mass is 35.5. The van der Waals surface area contributed by atoms with Crippen molar-refractivity contribution in [3.63, 3.8) is 0 Å². The summed E-state index contributed by atoms with van der Waals surface area (Å²) in [5.41, 5.74) is 1.45. The first-order valence-corrected chi connectivity index (χ1v) is 6.89. The van der Waals surface area contributed by atoms with Crippen molar-refractivity contribution in [2.45, 2.75) is 19.6 Å². The molecular weight excluding hydrogens is 290 g/mol. The third-order valence-corrected chi connectivity index (χ3v) is 3.15. The van der Waals surface area contributed by atoms with Gasteiger partial charge in [-0.1, -0.05) is 23.7 Å². The zero-order valence-corrected chi connectivity index (χ0v) is 12.3. The summed E-state index contributed by atoms with van der Waals surface area (Å²) in [6.07, 6.45) is -0.635. The second-order valence-corrected chi connectivity index (χ2v) is 4.99. The van der Waals surface area contributed by atoms with E-state index in [1.165, 1.54) is 0 Å². The molecule has 1 atom stereocenters. The van der Waals surface area contributed by atoms with Crippen LogP contribution in [0.4, 0.5) is 5.69 Å². The van der Waals surface area contributed by atoms with Crippen LogP contribution < -0.4 is 10.1 Å². The molecule has 4 nitrogen and oxygen atoms in total. The Kier molecular flexibility index (Phi) is 5.20. The van der Waals surface area contributed by atoms with Crippen LogP contribution in [0.15, 0.2) is 48.5 Å². The fourth-order valence-electron chi connectivity index (χ4n) is 1.71. The summed E-state index contributed by atoms with van der Waals surface area (Å²) in [5, 5.41) is 12.3. The lowest BCUT2D eigenvalue weighted by Gasteiger charge is -2.15. The minimum absolute atomic E-state index is 0.0235. The van der Waals surface area contributed by atoms with Crippen molar-refractivity contribution in [2.75, 3.05) is 5.32 Å². The topological polar surface area (TPSA) is 58.6 Å². The number of amides is 1. The van der Waals surface area contributed by atoms with Gasteiger partial charge in [0.1, 0.15) is 5.75 Å². The number of halogens is 1. The van der Waals surface area contributed by atoms with E-state index in [4.69, 9.17) is 21.4 Å². The highest BCUT2D eigenvalue weighted by Gasteiger charge is 2.14. The molecule has 0 aromatic heterocycles. The number of carbonyl (C=O) groups excluding carboxylic acids is 1. The number of anilines is 1.